The lowest BCUT2D eigenvalue weighted by molar-refractivity contribution is -0.254. The van der Waals surface area contributed by atoms with Crippen molar-refractivity contribution in [2.45, 2.75) is 38.6 Å². The van der Waals surface area contributed by atoms with Crippen LogP contribution in [0.3, 0.4) is 0 Å². The number of hydrogen-bond acceptors (Lipinski definition) is 5. The number of thiazole rings is 1. The molecule has 0 bridgehead atoms. The Morgan fingerprint density at radius 2 is 2.20 bits per heavy atom. The molecular weight excluding hydrogens is 212 g/mol. The predicted molar refractivity (Wildman–Crippen MR) is 57.1 cm³/mol. The summed E-state index contributed by atoms with van der Waals surface area (Å²) in [7, 11) is 0. The van der Waals surface area contributed by atoms with Gasteiger partial charge in [-0.3, -0.25) is 0 Å². The summed E-state index contributed by atoms with van der Waals surface area (Å²) in [4.78, 5) is 15.1. The average Bonchev–Trinajstić information content (AvgIpc) is 2.75. The molecule has 0 radical (unpaired) electrons. The summed E-state index contributed by atoms with van der Waals surface area (Å²) < 4.78 is 0. The van der Waals surface area contributed by atoms with E-state index in [1.54, 1.807) is 6.92 Å². The van der Waals surface area contributed by atoms with Crippen molar-refractivity contribution in [3.8, 4) is 0 Å². The monoisotopic (exact) mass is 225 g/mol. The first kappa shape index (κ1) is 10.4. The first-order valence-corrected chi connectivity index (χ1v) is 5.94. The Balaban J connectivity index is 2.08. The molecule has 0 aliphatic heterocycles. The van der Waals surface area contributed by atoms with Gasteiger partial charge in [0.05, 0.1) is 16.5 Å². The van der Waals surface area contributed by atoms with Crippen LogP contribution in [0.1, 0.15) is 41.0 Å². The van der Waals surface area contributed by atoms with E-state index in [2.05, 4.69) is 10.3 Å². The minimum absolute atomic E-state index is 0.232. The van der Waals surface area contributed by atoms with Crippen molar-refractivity contribution < 1.29 is 9.90 Å². The van der Waals surface area contributed by atoms with Gasteiger partial charge in [0.2, 0.25) is 0 Å². The van der Waals surface area contributed by atoms with Gasteiger partial charge in [0.15, 0.2) is 5.13 Å². The van der Waals surface area contributed by atoms with E-state index < -0.39 is 5.97 Å². The number of aryl methyl sites for hydroxylation is 1. The average molecular weight is 225 g/mol. The summed E-state index contributed by atoms with van der Waals surface area (Å²) in [6, 6.07) is 0.463. The third kappa shape index (κ3) is 2.28. The van der Waals surface area contributed by atoms with Gasteiger partial charge >= 0.3 is 0 Å². The van der Waals surface area contributed by atoms with Gasteiger partial charge in [-0.2, -0.15) is 0 Å². The molecule has 1 aliphatic carbocycles. The van der Waals surface area contributed by atoms with Crippen LogP contribution in [0.5, 0.6) is 0 Å². The number of nitrogens with one attached hydrogen (secondary N) is 1. The van der Waals surface area contributed by atoms with Gasteiger partial charge in [-0.25, -0.2) is 4.98 Å². The van der Waals surface area contributed by atoms with Crippen molar-refractivity contribution in [2.24, 2.45) is 0 Å². The second-order valence-electron chi connectivity index (χ2n) is 3.85. The van der Waals surface area contributed by atoms with Crippen molar-refractivity contribution in [2.75, 3.05) is 5.32 Å². The van der Waals surface area contributed by atoms with Gasteiger partial charge in [-0.1, -0.05) is 24.2 Å². The highest BCUT2D eigenvalue weighted by Gasteiger charge is 2.17. The molecule has 0 saturated heterocycles. The largest absolute Gasteiger partial charge is 0.544 e. The Morgan fingerprint density at radius 3 is 2.73 bits per heavy atom. The Morgan fingerprint density at radius 1 is 1.53 bits per heavy atom. The summed E-state index contributed by atoms with van der Waals surface area (Å²) in [5, 5.41) is 14.7. The molecule has 0 spiro atoms. The lowest BCUT2D eigenvalue weighted by atomic mass is 10.3. The second kappa shape index (κ2) is 4.18. The maximum atomic E-state index is 10.7. The lowest BCUT2D eigenvalue weighted by Crippen LogP contribution is -2.21. The molecule has 0 unspecified atom stereocenters. The highest BCUT2D eigenvalue weighted by atomic mass is 32.1. The van der Waals surface area contributed by atoms with Crippen LogP contribution in [0.4, 0.5) is 5.13 Å². The molecule has 4 nitrogen and oxygen atoms in total. The zero-order valence-corrected chi connectivity index (χ0v) is 9.39. The van der Waals surface area contributed by atoms with E-state index in [0.717, 1.165) is 12.8 Å². The smallest absolute Gasteiger partial charge is 0.183 e. The molecule has 1 fully saturated rings. The van der Waals surface area contributed by atoms with Crippen LogP contribution in [0.2, 0.25) is 0 Å². The van der Waals surface area contributed by atoms with E-state index in [9.17, 15) is 9.90 Å². The van der Waals surface area contributed by atoms with Gasteiger partial charge in [0.1, 0.15) is 0 Å². The lowest BCUT2D eigenvalue weighted by Gasteiger charge is -2.09. The van der Waals surface area contributed by atoms with Gasteiger partial charge < -0.3 is 15.2 Å². The second-order valence-corrected chi connectivity index (χ2v) is 4.85. The van der Waals surface area contributed by atoms with Crippen molar-refractivity contribution in [1.29, 1.82) is 0 Å². The third-order valence-corrected chi connectivity index (χ3v) is 3.73. The highest BCUT2D eigenvalue weighted by Crippen LogP contribution is 2.26. The van der Waals surface area contributed by atoms with E-state index in [1.807, 2.05) is 0 Å². The fraction of sp³-hybridized carbons (Fsp3) is 0.600. The Bertz CT molecular complexity index is 369. The summed E-state index contributed by atoms with van der Waals surface area (Å²) in [6.45, 7) is 1.70. The number of carboxylic acids is 1. The molecular formula is C10H13N2O2S-. The summed E-state index contributed by atoms with van der Waals surface area (Å²) in [5.41, 5.74) is 0.542. The Kier molecular flexibility index (Phi) is 2.90. The van der Waals surface area contributed by atoms with Crippen molar-refractivity contribution in [3.63, 3.8) is 0 Å². The third-order valence-electron chi connectivity index (χ3n) is 2.66. The molecule has 1 aromatic rings. The number of aromatic nitrogens is 1. The molecule has 5 heteroatoms. The number of anilines is 1. The highest BCUT2D eigenvalue weighted by molar-refractivity contribution is 7.17. The van der Waals surface area contributed by atoms with E-state index in [0.29, 0.717) is 16.9 Å². The molecule has 15 heavy (non-hydrogen) atoms. The fourth-order valence-corrected chi connectivity index (χ4v) is 2.77. The number of carbonyl (C=O) groups is 1. The number of carboxylic acid groups (broad SMARTS) is 1. The molecule has 1 N–H and O–H groups in total. The van der Waals surface area contributed by atoms with Crippen LogP contribution in [0, 0.1) is 6.92 Å². The maximum absolute atomic E-state index is 10.7. The standard InChI is InChI=1S/C10H14N2O2S/c1-6-8(9(13)14)15-10(11-6)12-7-4-2-3-5-7/h7H,2-5H2,1H3,(H,11,12)(H,13,14)/p-1. The zero-order chi connectivity index (χ0) is 10.8. The number of hydrogen-bond donors (Lipinski definition) is 1. The van der Waals surface area contributed by atoms with Gasteiger partial charge in [-0.05, 0) is 19.8 Å². The maximum Gasteiger partial charge on any atom is 0.183 e. The van der Waals surface area contributed by atoms with E-state index in [-0.39, 0.29) is 4.88 Å². The van der Waals surface area contributed by atoms with E-state index >= 15 is 0 Å². The SMILES string of the molecule is Cc1nc(NC2CCCC2)sc1C(=O)[O-]. The molecule has 1 saturated carbocycles. The quantitative estimate of drug-likeness (QED) is 0.838. The Hall–Kier alpha value is -1.10. The molecule has 1 heterocycles. The topological polar surface area (TPSA) is 65.0 Å². The normalized spacial score (nSPS) is 16.9. The first-order valence-electron chi connectivity index (χ1n) is 5.12. The van der Waals surface area contributed by atoms with Gasteiger partial charge in [0, 0.05) is 6.04 Å². The Labute approximate surface area is 92.3 Å². The number of nitrogens with zero attached hydrogens (tertiary/aromatic N) is 1. The van der Waals surface area contributed by atoms with Gasteiger partial charge in [0.25, 0.3) is 0 Å². The van der Waals surface area contributed by atoms with Crippen LogP contribution in [0.25, 0.3) is 0 Å². The molecule has 2 rings (SSSR count). The zero-order valence-electron chi connectivity index (χ0n) is 8.58. The molecule has 0 amide bonds. The summed E-state index contributed by atoms with van der Waals surface area (Å²) >= 11 is 1.17. The molecule has 1 aromatic heterocycles. The first-order chi connectivity index (χ1) is 7.16. The fourth-order valence-electron chi connectivity index (χ4n) is 1.89. The summed E-state index contributed by atoms with van der Waals surface area (Å²) in [6.07, 6.45) is 4.79. The number of aromatic carboxylic acids is 1. The van der Waals surface area contributed by atoms with E-state index in [1.165, 1.54) is 24.2 Å². The van der Waals surface area contributed by atoms with Crippen LogP contribution >= 0.6 is 11.3 Å². The molecule has 0 atom stereocenters. The van der Waals surface area contributed by atoms with E-state index in [4.69, 9.17) is 0 Å². The predicted octanol–water partition coefficient (Wildman–Crippen LogP) is 1.17. The van der Waals surface area contributed by atoms with Crippen molar-refractivity contribution in [3.05, 3.63) is 10.6 Å². The molecule has 82 valence electrons. The van der Waals surface area contributed by atoms with Crippen LogP contribution in [-0.4, -0.2) is 17.0 Å². The van der Waals surface area contributed by atoms with Crippen LogP contribution < -0.4 is 10.4 Å². The minimum atomic E-state index is -1.13. The van der Waals surface area contributed by atoms with Crippen LogP contribution in [0.15, 0.2) is 0 Å². The number of rotatable bonds is 3. The minimum Gasteiger partial charge on any atom is -0.544 e. The van der Waals surface area contributed by atoms with Crippen molar-refractivity contribution >= 4 is 22.4 Å². The molecule has 0 aromatic carbocycles. The van der Waals surface area contributed by atoms with Crippen molar-refractivity contribution in [1.82, 2.24) is 4.98 Å². The van der Waals surface area contributed by atoms with Gasteiger partial charge in [-0.15, -0.1) is 0 Å². The van der Waals surface area contributed by atoms with Crippen LogP contribution in [-0.2, 0) is 0 Å². The summed E-state index contributed by atoms with van der Waals surface area (Å²) in [5.74, 6) is -1.13. The molecule has 1 aliphatic rings. The number of carbonyl (C=O) groups excluding carboxylic acids is 1.